The van der Waals surface area contributed by atoms with Crippen molar-refractivity contribution >= 4 is 34.4 Å². The molecule has 1 aliphatic carbocycles. The van der Waals surface area contributed by atoms with Gasteiger partial charge in [-0.2, -0.15) is 5.10 Å². The molecule has 54 heavy (non-hydrogen) atoms. The Bertz CT molecular complexity index is 2170. The number of nitrogens with zero attached hydrogens (tertiary/aromatic N) is 7. The molecule has 3 unspecified atom stereocenters. The molecule has 0 bridgehead atoms. The predicted octanol–water partition coefficient (Wildman–Crippen LogP) is 4.51. The maximum Gasteiger partial charge on any atom is 0.267 e. The number of imide groups is 1. The van der Waals surface area contributed by atoms with Gasteiger partial charge in [0, 0.05) is 75.4 Å². The number of hydrogen-bond acceptors (Lipinski definition) is 11. The predicted molar refractivity (Wildman–Crippen MR) is 203 cm³/mol. The number of piperidine rings is 1. The second-order valence-electron chi connectivity index (χ2n) is 15.5. The van der Waals surface area contributed by atoms with Crippen LogP contribution in [0.5, 0.6) is 17.2 Å². The molecule has 0 radical (unpaired) electrons. The van der Waals surface area contributed by atoms with Gasteiger partial charge in [-0.15, -0.1) is 0 Å². The van der Waals surface area contributed by atoms with Crippen molar-refractivity contribution in [3.8, 4) is 28.5 Å². The highest BCUT2D eigenvalue weighted by molar-refractivity contribution is 6.00. The SMILES string of the molecule is Nc1ncnc2c1c(-c1ccc(Oc3ccccc3)cc1)nn2C1CC2CN(C3CN(C4CN(c5ccc(OC6CCC(=O)NC6=O)cc5)C4)C3)CC2C1. The van der Waals surface area contributed by atoms with Crippen LogP contribution in [0.1, 0.15) is 31.7 Å². The summed E-state index contributed by atoms with van der Waals surface area (Å²) in [5.74, 6) is 3.37. The summed E-state index contributed by atoms with van der Waals surface area (Å²) in [4.78, 5) is 40.3. The number of benzene rings is 3. The Morgan fingerprint density at radius 3 is 2.11 bits per heavy atom. The highest BCUT2D eigenvalue weighted by atomic mass is 16.5. The van der Waals surface area contributed by atoms with Gasteiger partial charge in [0.1, 0.15) is 35.1 Å². The van der Waals surface area contributed by atoms with Crippen molar-refractivity contribution in [1.29, 1.82) is 0 Å². The zero-order chi connectivity index (χ0) is 36.3. The van der Waals surface area contributed by atoms with Crippen LogP contribution >= 0.6 is 0 Å². The largest absolute Gasteiger partial charge is 0.481 e. The Kier molecular flexibility index (Phi) is 8.21. The quantitative estimate of drug-likeness (QED) is 0.207. The summed E-state index contributed by atoms with van der Waals surface area (Å²) >= 11 is 0. The zero-order valence-corrected chi connectivity index (χ0v) is 30.0. The Morgan fingerprint density at radius 1 is 0.722 bits per heavy atom. The van der Waals surface area contributed by atoms with Crippen LogP contribution in [0.25, 0.3) is 22.3 Å². The molecule has 5 fully saturated rings. The number of para-hydroxylation sites is 1. The normalized spacial score (nSPS) is 25.0. The van der Waals surface area contributed by atoms with E-state index in [9.17, 15) is 9.59 Å². The van der Waals surface area contributed by atoms with Crippen LogP contribution in [0, 0.1) is 11.8 Å². The van der Waals surface area contributed by atoms with Gasteiger partial charge in [0.2, 0.25) is 5.91 Å². The zero-order valence-electron chi connectivity index (χ0n) is 30.0. The molecule has 0 spiro atoms. The lowest BCUT2D eigenvalue weighted by Gasteiger charge is -2.54. The van der Waals surface area contributed by atoms with E-state index in [0.717, 1.165) is 85.9 Å². The van der Waals surface area contributed by atoms with E-state index in [-0.39, 0.29) is 17.9 Å². The van der Waals surface area contributed by atoms with Crippen LogP contribution in [0.4, 0.5) is 11.5 Å². The topological polar surface area (TPSA) is 144 Å². The van der Waals surface area contributed by atoms with Gasteiger partial charge in [0.25, 0.3) is 5.91 Å². The van der Waals surface area contributed by atoms with Gasteiger partial charge >= 0.3 is 0 Å². The molecule has 5 aromatic rings. The van der Waals surface area contributed by atoms with Crippen molar-refractivity contribution in [1.82, 2.24) is 34.9 Å². The van der Waals surface area contributed by atoms with E-state index < -0.39 is 6.10 Å². The number of fused-ring (bicyclic) bond motifs is 2. The Morgan fingerprint density at radius 2 is 1.39 bits per heavy atom. The summed E-state index contributed by atoms with van der Waals surface area (Å²) in [6.45, 7) is 6.61. The molecule has 5 aliphatic rings. The van der Waals surface area contributed by atoms with E-state index in [2.05, 4.69) is 41.8 Å². The van der Waals surface area contributed by atoms with Crippen LogP contribution in [-0.2, 0) is 9.59 Å². The first-order valence-electron chi connectivity index (χ1n) is 19.1. The van der Waals surface area contributed by atoms with E-state index in [4.69, 9.17) is 25.3 Å². The van der Waals surface area contributed by atoms with Gasteiger partial charge in [-0.05, 0) is 85.3 Å². The molecule has 10 rings (SSSR count). The number of hydrogen-bond donors (Lipinski definition) is 2. The smallest absolute Gasteiger partial charge is 0.267 e. The Balaban J connectivity index is 0.723. The third-order valence-corrected chi connectivity index (χ3v) is 12.2. The first kappa shape index (κ1) is 33.1. The Hall–Kier alpha value is -5.53. The second-order valence-corrected chi connectivity index (χ2v) is 15.5. The number of aromatic nitrogens is 4. The fourth-order valence-corrected chi connectivity index (χ4v) is 9.16. The lowest BCUT2D eigenvalue weighted by atomic mass is 9.98. The van der Waals surface area contributed by atoms with E-state index in [0.29, 0.717) is 48.3 Å². The first-order valence-corrected chi connectivity index (χ1v) is 19.1. The molecule has 3 N–H and O–H groups in total. The molecule has 2 amide bonds. The van der Waals surface area contributed by atoms with Crippen molar-refractivity contribution in [3.63, 3.8) is 0 Å². The summed E-state index contributed by atoms with van der Waals surface area (Å²) in [6, 6.07) is 27.2. The van der Waals surface area contributed by atoms with Gasteiger partial charge in [-0.3, -0.25) is 24.7 Å². The average molecular weight is 726 g/mol. The van der Waals surface area contributed by atoms with E-state index >= 15 is 0 Å². The van der Waals surface area contributed by atoms with Crippen LogP contribution < -0.4 is 25.4 Å². The molecule has 6 heterocycles. The number of ether oxygens (including phenoxy) is 2. The molecule has 1 saturated carbocycles. The molecule has 2 aromatic heterocycles. The second kappa shape index (κ2) is 13.4. The lowest BCUT2D eigenvalue weighted by molar-refractivity contribution is -0.138. The minimum atomic E-state index is -0.616. The molecular weight excluding hydrogens is 683 g/mol. The number of carbonyl (C=O) groups excluding carboxylic acids is 2. The molecule has 3 atom stereocenters. The standard InChI is InChI=1S/C41H43N9O4/c42-39-37-38(25-6-10-33(11-7-25)53-32-4-2-1-3-5-32)46-50(40(37)44-24-43-39)29-16-26-18-47(19-27(26)17-29)30-22-49(23-30)31-20-48(21-31)28-8-12-34(13-9-28)54-35-14-15-36(51)45-41(35)52/h1-13,24,26-27,29-31,35H,14-23H2,(H2,42,43,44)(H,45,51,52). The number of carbonyl (C=O) groups is 2. The third kappa shape index (κ3) is 6.10. The fourth-order valence-electron chi connectivity index (χ4n) is 9.16. The van der Waals surface area contributed by atoms with E-state index in [1.54, 1.807) is 6.33 Å². The molecule has 13 nitrogen and oxygen atoms in total. The highest BCUT2D eigenvalue weighted by Gasteiger charge is 2.48. The summed E-state index contributed by atoms with van der Waals surface area (Å²) in [6.07, 6.45) is 3.84. The molecular formula is C41H43N9O4. The van der Waals surface area contributed by atoms with Crippen molar-refractivity contribution in [2.45, 2.75) is 49.9 Å². The minimum absolute atomic E-state index is 0.237. The lowest BCUT2D eigenvalue weighted by Crippen LogP contribution is -2.69. The summed E-state index contributed by atoms with van der Waals surface area (Å²) in [5.41, 5.74) is 10.2. The number of nitrogen functional groups attached to an aromatic ring is 1. The van der Waals surface area contributed by atoms with Gasteiger partial charge in [0.05, 0.1) is 11.4 Å². The van der Waals surface area contributed by atoms with Crippen molar-refractivity contribution in [2.75, 3.05) is 49.9 Å². The number of likely N-dealkylation sites (tertiary alicyclic amines) is 2. The molecule has 4 aliphatic heterocycles. The maximum atomic E-state index is 12.0. The Labute approximate surface area is 313 Å². The third-order valence-electron chi connectivity index (χ3n) is 12.2. The fraction of sp³-hybridized carbons (Fsp3) is 0.390. The van der Waals surface area contributed by atoms with Crippen molar-refractivity contribution in [3.05, 3.63) is 85.2 Å². The highest BCUT2D eigenvalue weighted by Crippen LogP contribution is 2.47. The number of nitrogens with one attached hydrogen (secondary N) is 1. The van der Waals surface area contributed by atoms with Crippen molar-refractivity contribution < 1.29 is 19.1 Å². The average Bonchev–Trinajstić information content (AvgIpc) is 3.84. The van der Waals surface area contributed by atoms with Crippen LogP contribution in [0.3, 0.4) is 0 Å². The van der Waals surface area contributed by atoms with Gasteiger partial charge in [-0.25, -0.2) is 14.6 Å². The van der Waals surface area contributed by atoms with Gasteiger partial charge in [0.15, 0.2) is 11.8 Å². The van der Waals surface area contributed by atoms with Gasteiger partial charge < -0.3 is 20.1 Å². The van der Waals surface area contributed by atoms with Gasteiger partial charge in [-0.1, -0.05) is 18.2 Å². The van der Waals surface area contributed by atoms with E-state index in [1.165, 1.54) is 5.69 Å². The monoisotopic (exact) mass is 725 g/mol. The van der Waals surface area contributed by atoms with Crippen LogP contribution in [-0.4, -0.2) is 98.8 Å². The first-order chi connectivity index (χ1) is 26.4. The number of nitrogens with two attached hydrogens (primary N) is 1. The molecule has 13 heteroatoms. The molecule has 276 valence electrons. The number of rotatable bonds is 9. The van der Waals surface area contributed by atoms with E-state index in [1.807, 2.05) is 66.7 Å². The minimum Gasteiger partial charge on any atom is -0.481 e. The molecule has 4 saturated heterocycles. The van der Waals surface area contributed by atoms with Crippen LogP contribution in [0.2, 0.25) is 0 Å². The maximum absolute atomic E-state index is 12.0. The number of anilines is 2. The van der Waals surface area contributed by atoms with Crippen LogP contribution in [0.15, 0.2) is 85.2 Å². The van der Waals surface area contributed by atoms with Crippen molar-refractivity contribution in [2.24, 2.45) is 11.8 Å². The summed E-state index contributed by atoms with van der Waals surface area (Å²) in [7, 11) is 0. The molecule has 3 aromatic carbocycles. The summed E-state index contributed by atoms with van der Waals surface area (Å²) in [5, 5.41) is 8.33. The summed E-state index contributed by atoms with van der Waals surface area (Å²) < 4.78 is 14.0. The number of amides is 2.